The molecule has 4 heteroatoms. The highest BCUT2D eigenvalue weighted by molar-refractivity contribution is 7.98. The Morgan fingerprint density at radius 3 is 2.69 bits per heavy atom. The monoisotopic (exact) mass is 245 g/mol. The Labute approximate surface area is 103 Å². The summed E-state index contributed by atoms with van der Waals surface area (Å²) >= 11 is 1.87. The third-order valence-electron chi connectivity index (χ3n) is 3.19. The molecule has 1 saturated carbocycles. The van der Waals surface area contributed by atoms with Crippen LogP contribution in [0.4, 0.5) is 0 Å². The number of thioether (sulfide) groups is 1. The van der Waals surface area contributed by atoms with Gasteiger partial charge in [0.1, 0.15) is 0 Å². The van der Waals surface area contributed by atoms with Crippen molar-refractivity contribution in [1.82, 2.24) is 4.90 Å². The van der Waals surface area contributed by atoms with Gasteiger partial charge in [0, 0.05) is 6.04 Å². The molecule has 0 atom stereocenters. The second-order valence-corrected chi connectivity index (χ2v) is 5.32. The first-order chi connectivity index (χ1) is 7.77. The molecule has 3 nitrogen and oxygen atoms in total. The van der Waals surface area contributed by atoms with Crippen molar-refractivity contribution in [2.24, 2.45) is 0 Å². The number of ether oxygens (including phenoxy) is 1. The number of methoxy groups -OCH3 is 1. The molecular weight excluding hydrogens is 222 g/mol. The van der Waals surface area contributed by atoms with Crippen LogP contribution in [0.1, 0.15) is 32.1 Å². The summed E-state index contributed by atoms with van der Waals surface area (Å²) in [6.07, 6.45) is 8.40. The van der Waals surface area contributed by atoms with Gasteiger partial charge in [0.15, 0.2) is 0 Å². The van der Waals surface area contributed by atoms with Crippen LogP contribution in [0.25, 0.3) is 0 Å². The highest BCUT2D eigenvalue weighted by Crippen LogP contribution is 2.23. The molecule has 16 heavy (non-hydrogen) atoms. The average molecular weight is 245 g/mol. The molecule has 0 aromatic rings. The van der Waals surface area contributed by atoms with Crippen LogP contribution >= 0.6 is 11.8 Å². The van der Waals surface area contributed by atoms with Gasteiger partial charge in [-0.2, -0.15) is 11.8 Å². The Morgan fingerprint density at radius 2 is 2.12 bits per heavy atom. The molecule has 1 rings (SSSR count). The van der Waals surface area contributed by atoms with E-state index in [2.05, 4.69) is 11.2 Å². The molecule has 0 unspecified atom stereocenters. The Bertz CT molecular complexity index is 205. The summed E-state index contributed by atoms with van der Waals surface area (Å²) < 4.78 is 4.76. The number of rotatable bonds is 7. The van der Waals surface area contributed by atoms with Gasteiger partial charge in [-0.25, -0.2) is 0 Å². The van der Waals surface area contributed by atoms with Gasteiger partial charge in [0.2, 0.25) is 0 Å². The van der Waals surface area contributed by atoms with Crippen molar-refractivity contribution in [3.05, 3.63) is 0 Å². The summed E-state index contributed by atoms with van der Waals surface area (Å²) in [4.78, 5) is 13.7. The van der Waals surface area contributed by atoms with E-state index in [1.165, 1.54) is 38.5 Å². The number of carbonyl (C=O) groups is 1. The molecule has 1 fully saturated rings. The number of esters is 1. The van der Waals surface area contributed by atoms with Crippen LogP contribution in [-0.4, -0.2) is 49.1 Å². The summed E-state index contributed by atoms with van der Waals surface area (Å²) in [5.74, 6) is 1.07. The van der Waals surface area contributed by atoms with E-state index in [0.717, 1.165) is 13.0 Å². The van der Waals surface area contributed by atoms with Crippen LogP contribution < -0.4 is 0 Å². The van der Waals surface area contributed by atoms with E-state index >= 15 is 0 Å². The summed E-state index contributed by atoms with van der Waals surface area (Å²) in [6.45, 7) is 1.50. The fraction of sp³-hybridized carbons (Fsp3) is 0.917. The van der Waals surface area contributed by atoms with E-state index in [9.17, 15) is 4.79 Å². The molecule has 0 heterocycles. The molecule has 0 bridgehead atoms. The highest BCUT2D eigenvalue weighted by Gasteiger charge is 2.23. The minimum Gasteiger partial charge on any atom is -0.468 e. The molecule has 94 valence electrons. The summed E-state index contributed by atoms with van der Waals surface area (Å²) in [6, 6.07) is 0.612. The quantitative estimate of drug-likeness (QED) is 0.508. The van der Waals surface area contributed by atoms with Crippen LogP contribution in [0.3, 0.4) is 0 Å². The van der Waals surface area contributed by atoms with Crippen molar-refractivity contribution in [2.45, 2.75) is 38.1 Å². The number of hydrogen-bond acceptors (Lipinski definition) is 4. The second kappa shape index (κ2) is 7.96. The van der Waals surface area contributed by atoms with E-state index in [-0.39, 0.29) is 5.97 Å². The SMILES string of the molecule is COC(=O)CN(CCCSC)C1CCCC1. The molecule has 1 aliphatic carbocycles. The maximum absolute atomic E-state index is 11.3. The third kappa shape index (κ3) is 4.74. The smallest absolute Gasteiger partial charge is 0.319 e. The zero-order valence-electron chi connectivity index (χ0n) is 10.4. The van der Waals surface area contributed by atoms with Crippen molar-refractivity contribution in [2.75, 3.05) is 32.2 Å². The number of hydrogen-bond donors (Lipinski definition) is 0. The van der Waals surface area contributed by atoms with Gasteiger partial charge in [-0.1, -0.05) is 12.8 Å². The molecule has 0 N–H and O–H groups in total. The zero-order valence-corrected chi connectivity index (χ0v) is 11.2. The lowest BCUT2D eigenvalue weighted by Gasteiger charge is -2.27. The molecule has 0 spiro atoms. The lowest BCUT2D eigenvalue weighted by Crippen LogP contribution is -2.38. The van der Waals surface area contributed by atoms with Crippen molar-refractivity contribution >= 4 is 17.7 Å². The predicted molar refractivity (Wildman–Crippen MR) is 68.8 cm³/mol. The van der Waals surface area contributed by atoms with Gasteiger partial charge in [-0.05, 0) is 37.8 Å². The van der Waals surface area contributed by atoms with Gasteiger partial charge in [0.25, 0.3) is 0 Å². The highest BCUT2D eigenvalue weighted by atomic mass is 32.2. The molecular formula is C12H23NO2S. The fourth-order valence-corrected chi connectivity index (χ4v) is 2.72. The molecule has 0 amide bonds. The number of carbonyl (C=O) groups excluding carboxylic acids is 1. The lowest BCUT2D eigenvalue weighted by atomic mass is 10.2. The maximum Gasteiger partial charge on any atom is 0.319 e. The fourth-order valence-electron chi connectivity index (χ4n) is 2.30. The van der Waals surface area contributed by atoms with Crippen LogP contribution in [0.2, 0.25) is 0 Å². The molecule has 0 saturated heterocycles. The summed E-state index contributed by atoms with van der Waals surface area (Å²) in [5.41, 5.74) is 0. The third-order valence-corrected chi connectivity index (χ3v) is 3.89. The van der Waals surface area contributed by atoms with Crippen LogP contribution in [0.5, 0.6) is 0 Å². The Hall–Kier alpha value is -0.220. The first-order valence-electron chi connectivity index (χ1n) is 6.07. The minimum atomic E-state index is -0.101. The van der Waals surface area contributed by atoms with Gasteiger partial charge in [0.05, 0.1) is 13.7 Å². The van der Waals surface area contributed by atoms with Gasteiger partial charge in [-0.3, -0.25) is 9.69 Å². The van der Waals surface area contributed by atoms with Gasteiger partial charge in [-0.15, -0.1) is 0 Å². The van der Waals surface area contributed by atoms with Crippen molar-refractivity contribution in [1.29, 1.82) is 0 Å². The Kier molecular flexibility index (Phi) is 6.88. The van der Waals surface area contributed by atoms with Crippen molar-refractivity contribution in [3.63, 3.8) is 0 Å². The molecule has 0 aliphatic heterocycles. The van der Waals surface area contributed by atoms with Crippen LogP contribution in [0, 0.1) is 0 Å². The van der Waals surface area contributed by atoms with Crippen molar-refractivity contribution < 1.29 is 9.53 Å². The molecule has 1 aliphatic rings. The first kappa shape index (κ1) is 13.8. The summed E-state index contributed by atoms with van der Waals surface area (Å²) in [5, 5.41) is 0. The topological polar surface area (TPSA) is 29.5 Å². The average Bonchev–Trinajstić information content (AvgIpc) is 2.81. The van der Waals surface area contributed by atoms with E-state index in [1.807, 2.05) is 11.8 Å². The standard InChI is InChI=1S/C12H23NO2S/c1-15-12(14)10-13(8-5-9-16-2)11-6-3-4-7-11/h11H,3-10H2,1-2H3. The Morgan fingerprint density at radius 1 is 1.44 bits per heavy atom. The molecule has 0 aromatic heterocycles. The number of nitrogens with zero attached hydrogens (tertiary/aromatic N) is 1. The largest absolute Gasteiger partial charge is 0.468 e. The lowest BCUT2D eigenvalue weighted by molar-refractivity contribution is -0.142. The second-order valence-electron chi connectivity index (χ2n) is 4.33. The van der Waals surface area contributed by atoms with Gasteiger partial charge < -0.3 is 4.74 Å². The van der Waals surface area contributed by atoms with Crippen LogP contribution in [0.15, 0.2) is 0 Å². The van der Waals surface area contributed by atoms with E-state index in [0.29, 0.717) is 12.6 Å². The first-order valence-corrected chi connectivity index (χ1v) is 7.47. The van der Waals surface area contributed by atoms with Gasteiger partial charge >= 0.3 is 5.97 Å². The summed E-state index contributed by atoms with van der Waals surface area (Å²) in [7, 11) is 1.47. The zero-order chi connectivity index (χ0) is 11.8. The normalized spacial score (nSPS) is 16.9. The van der Waals surface area contributed by atoms with E-state index in [4.69, 9.17) is 4.74 Å². The minimum absolute atomic E-state index is 0.101. The van der Waals surface area contributed by atoms with E-state index < -0.39 is 0 Å². The molecule has 0 aromatic carbocycles. The van der Waals surface area contributed by atoms with Crippen molar-refractivity contribution in [3.8, 4) is 0 Å². The Balaban J connectivity index is 2.36. The predicted octanol–water partition coefficient (Wildman–Crippen LogP) is 2.16. The van der Waals surface area contributed by atoms with Crippen LogP contribution in [-0.2, 0) is 9.53 Å². The van der Waals surface area contributed by atoms with E-state index in [1.54, 1.807) is 0 Å². The molecule has 0 radical (unpaired) electrons. The maximum atomic E-state index is 11.3.